The number of nitrogens with zero attached hydrogens (tertiary/aromatic N) is 1. The number of carbonyl (C=O) groups is 1. The van der Waals surface area contributed by atoms with E-state index in [1.54, 1.807) is 11.9 Å². The van der Waals surface area contributed by atoms with Crippen LogP contribution in [0, 0.1) is 0 Å². The van der Waals surface area contributed by atoms with Crippen LogP contribution in [0.25, 0.3) is 0 Å². The van der Waals surface area contributed by atoms with E-state index in [1.165, 1.54) is 0 Å². The number of likely N-dealkylation sites (N-methyl/N-ethyl adjacent to an activating group) is 1. The summed E-state index contributed by atoms with van der Waals surface area (Å²) in [6.07, 6.45) is 0.834. The minimum Gasteiger partial charge on any atom is -0.363 e. The second kappa shape index (κ2) is 4.41. The number of hydrogen-bond donors (Lipinski definition) is 2. The molecule has 0 aromatic heterocycles. The first-order valence-corrected chi connectivity index (χ1v) is 4.85. The molecule has 1 rings (SSSR count). The molecule has 1 aliphatic rings. The van der Waals surface area contributed by atoms with Crippen LogP contribution in [0.15, 0.2) is 0 Å². The summed E-state index contributed by atoms with van der Waals surface area (Å²) >= 11 is 4.99. The van der Waals surface area contributed by atoms with Crippen LogP contribution < -0.4 is 10.6 Å². The van der Waals surface area contributed by atoms with Gasteiger partial charge < -0.3 is 15.5 Å². The van der Waals surface area contributed by atoms with Crippen LogP contribution in [-0.4, -0.2) is 42.1 Å². The molecule has 2 N–H and O–H groups in total. The number of thiocarbonyl (C=S) groups is 1. The number of amides is 1. The summed E-state index contributed by atoms with van der Waals surface area (Å²) in [6.45, 7) is 3.56. The van der Waals surface area contributed by atoms with Gasteiger partial charge in [0.05, 0.1) is 0 Å². The largest absolute Gasteiger partial charge is 0.363 e. The van der Waals surface area contributed by atoms with E-state index in [9.17, 15) is 4.79 Å². The van der Waals surface area contributed by atoms with E-state index in [0.717, 1.165) is 19.5 Å². The van der Waals surface area contributed by atoms with Gasteiger partial charge in [0.25, 0.3) is 0 Å². The highest BCUT2D eigenvalue weighted by molar-refractivity contribution is 7.80. The molecule has 1 heterocycles. The molecule has 74 valence electrons. The van der Waals surface area contributed by atoms with Gasteiger partial charge in [0.1, 0.15) is 6.04 Å². The van der Waals surface area contributed by atoms with Crippen molar-refractivity contribution in [2.45, 2.75) is 19.4 Å². The summed E-state index contributed by atoms with van der Waals surface area (Å²) in [6, 6.07) is -0.128. The van der Waals surface area contributed by atoms with Crippen LogP contribution in [0.3, 0.4) is 0 Å². The Hall–Kier alpha value is -0.840. The highest BCUT2D eigenvalue weighted by atomic mass is 32.1. The summed E-state index contributed by atoms with van der Waals surface area (Å²) in [5.41, 5.74) is 0. The molecule has 13 heavy (non-hydrogen) atoms. The Bertz CT molecular complexity index is 219. The van der Waals surface area contributed by atoms with Gasteiger partial charge in [-0.15, -0.1) is 0 Å². The third-order valence-electron chi connectivity index (χ3n) is 2.07. The van der Waals surface area contributed by atoms with Crippen LogP contribution in [0.5, 0.6) is 0 Å². The number of likely N-dealkylation sites (tertiary alicyclic amines) is 1. The smallest absolute Gasteiger partial charge is 0.244 e. The Kier molecular flexibility index (Phi) is 3.48. The number of carbonyl (C=O) groups excluding carboxylic acids is 1. The zero-order valence-corrected chi connectivity index (χ0v) is 8.78. The van der Waals surface area contributed by atoms with Crippen molar-refractivity contribution in [2.24, 2.45) is 0 Å². The summed E-state index contributed by atoms with van der Waals surface area (Å²) in [7, 11) is 1.81. The van der Waals surface area contributed by atoms with Crippen molar-refractivity contribution in [3.8, 4) is 0 Å². The molecule has 1 amide bonds. The fourth-order valence-electron chi connectivity index (χ4n) is 1.33. The molecule has 0 radical (unpaired) electrons. The molecule has 5 heteroatoms. The molecule has 0 aromatic rings. The summed E-state index contributed by atoms with van der Waals surface area (Å²) in [4.78, 5) is 13.1. The van der Waals surface area contributed by atoms with Crippen molar-refractivity contribution in [2.75, 3.05) is 20.1 Å². The summed E-state index contributed by atoms with van der Waals surface area (Å²) < 4.78 is 0. The van der Waals surface area contributed by atoms with Gasteiger partial charge in [-0.2, -0.15) is 0 Å². The zero-order chi connectivity index (χ0) is 9.84. The first kappa shape index (κ1) is 10.2. The highest BCUT2D eigenvalue weighted by Crippen LogP contribution is 2.07. The standard InChI is InChI=1S/C8H15N3OS/c1-3-9-8(13)10-6-4-5-11(2)7(6)12/h6H,3-5H2,1-2H3,(H2,9,10,13). The second-order valence-electron chi connectivity index (χ2n) is 3.10. The molecule has 0 bridgehead atoms. The fourth-order valence-corrected chi connectivity index (χ4v) is 1.61. The second-order valence-corrected chi connectivity index (χ2v) is 3.51. The van der Waals surface area contributed by atoms with Gasteiger partial charge in [0, 0.05) is 20.1 Å². The van der Waals surface area contributed by atoms with E-state index in [0.29, 0.717) is 5.11 Å². The summed E-state index contributed by atoms with van der Waals surface area (Å²) in [5.74, 6) is 0.125. The first-order valence-electron chi connectivity index (χ1n) is 4.44. The Morgan fingerprint density at radius 3 is 2.92 bits per heavy atom. The lowest BCUT2D eigenvalue weighted by Crippen LogP contribution is -2.45. The molecule has 0 aromatic carbocycles. The lowest BCUT2D eigenvalue weighted by Gasteiger charge is -2.14. The molecule has 0 spiro atoms. The Morgan fingerprint density at radius 1 is 1.77 bits per heavy atom. The molecule has 0 saturated carbocycles. The Balaban J connectivity index is 2.38. The topological polar surface area (TPSA) is 44.4 Å². The van der Waals surface area contributed by atoms with E-state index >= 15 is 0 Å². The van der Waals surface area contributed by atoms with Crippen molar-refractivity contribution in [3.05, 3.63) is 0 Å². The number of nitrogens with one attached hydrogen (secondary N) is 2. The molecule has 1 fully saturated rings. The molecule has 1 saturated heterocycles. The number of rotatable bonds is 2. The maximum absolute atomic E-state index is 11.4. The Morgan fingerprint density at radius 2 is 2.46 bits per heavy atom. The SMILES string of the molecule is CCNC(=S)NC1CCN(C)C1=O. The monoisotopic (exact) mass is 201 g/mol. The van der Waals surface area contributed by atoms with E-state index in [1.807, 2.05) is 6.92 Å². The molecule has 1 unspecified atom stereocenters. The first-order chi connectivity index (χ1) is 6.15. The third kappa shape index (κ3) is 2.55. The molecular weight excluding hydrogens is 186 g/mol. The normalized spacial score (nSPS) is 21.8. The van der Waals surface area contributed by atoms with E-state index in [4.69, 9.17) is 12.2 Å². The van der Waals surface area contributed by atoms with Gasteiger partial charge in [0.2, 0.25) is 5.91 Å². The molecule has 4 nitrogen and oxygen atoms in total. The van der Waals surface area contributed by atoms with Crippen LogP contribution in [0.1, 0.15) is 13.3 Å². The van der Waals surface area contributed by atoms with Crippen molar-refractivity contribution in [1.82, 2.24) is 15.5 Å². The average molecular weight is 201 g/mol. The van der Waals surface area contributed by atoms with Crippen molar-refractivity contribution in [1.29, 1.82) is 0 Å². The van der Waals surface area contributed by atoms with Crippen LogP contribution in [-0.2, 0) is 4.79 Å². The van der Waals surface area contributed by atoms with Gasteiger partial charge >= 0.3 is 0 Å². The lowest BCUT2D eigenvalue weighted by atomic mass is 10.2. The minimum absolute atomic E-state index is 0.125. The predicted molar refractivity (Wildman–Crippen MR) is 55.5 cm³/mol. The molecule has 1 aliphatic heterocycles. The van der Waals surface area contributed by atoms with E-state index in [2.05, 4.69) is 10.6 Å². The van der Waals surface area contributed by atoms with Gasteiger partial charge in [-0.3, -0.25) is 4.79 Å². The summed E-state index contributed by atoms with van der Waals surface area (Å²) in [5, 5.41) is 6.51. The van der Waals surface area contributed by atoms with Crippen molar-refractivity contribution < 1.29 is 4.79 Å². The maximum atomic E-state index is 11.4. The maximum Gasteiger partial charge on any atom is 0.244 e. The highest BCUT2D eigenvalue weighted by Gasteiger charge is 2.28. The van der Waals surface area contributed by atoms with Gasteiger partial charge in [-0.25, -0.2) is 0 Å². The quantitative estimate of drug-likeness (QED) is 0.602. The average Bonchev–Trinajstić information content (AvgIpc) is 2.37. The van der Waals surface area contributed by atoms with E-state index < -0.39 is 0 Å². The van der Waals surface area contributed by atoms with Gasteiger partial charge in [-0.05, 0) is 25.6 Å². The van der Waals surface area contributed by atoms with E-state index in [-0.39, 0.29) is 11.9 Å². The zero-order valence-electron chi connectivity index (χ0n) is 7.96. The minimum atomic E-state index is -0.128. The van der Waals surface area contributed by atoms with Gasteiger partial charge in [-0.1, -0.05) is 0 Å². The van der Waals surface area contributed by atoms with Crippen molar-refractivity contribution in [3.63, 3.8) is 0 Å². The van der Waals surface area contributed by atoms with Crippen LogP contribution >= 0.6 is 12.2 Å². The fraction of sp³-hybridized carbons (Fsp3) is 0.750. The van der Waals surface area contributed by atoms with Crippen LogP contribution in [0.4, 0.5) is 0 Å². The number of hydrogen-bond acceptors (Lipinski definition) is 2. The molecular formula is C8H15N3OS. The lowest BCUT2D eigenvalue weighted by molar-refractivity contribution is -0.127. The predicted octanol–water partition coefficient (Wildman–Crippen LogP) is -0.299. The van der Waals surface area contributed by atoms with Crippen molar-refractivity contribution >= 4 is 23.2 Å². The van der Waals surface area contributed by atoms with Crippen LogP contribution in [0.2, 0.25) is 0 Å². The van der Waals surface area contributed by atoms with Gasteiger partial charge in [0.15, 0.2) is 5.11 Å². The molecule has 1 atom stereocenters. The third-order valence-corrected chi connectivity index (χ3v) is 2.33. The molecule has 0 aliphatic carbocycles. The Labute approximate surface area is 83.7 Å².